The number of nitrogens with zero attached hydrogens (tertiary/aromatic N) is 3. The fraction of sp³-hybridized carbons (Fsp3) is 0.812. The maximum absolute atomic E-state index is 12.6. The van der Waals surface area contributed by atoms with E-state index in [1.165, 1.54) is 4.90 Å². The molecule has 2 heterocycles. The van der Waals surface area contributed by atoms with Gasteiger partial charge in [0.25, 0.3) is 0 Å². The molecule has 1 saturated carbocycles. The predicted molar refractivity (Wildman–Crippen MR) is 98.7 cm³/mol. The van der Waals surface area contributed by atoms with Crippen molar-refractivity contribution in [3.05, 3.63) is 0 Å². The number of hydrogen-bond acceptors (Lipinski definition) is 7. The van der Waals surface area contributed by atoms with E-state index >= 15 is 0 Å². The van der Waals surface area contributed by atoms with Crippen LogP contribution in [-0.2, 0) is 19.5 Å². The van der Waals surface area contributed by atoms with E-state index in [1.54, 1.807) is 0 Å². The lowest BCUT2D eigenvalue weighted by atomic mass is 9.85. The first-order chi connectivity index (χ1) is 13.1. The third-order valence-corrected chi connectivity index (χ3v) is 6.24. The third-order valence-electron chi connectivity index (χ3n) is 5.89. The van der Waals surface area contributed by atoms with Crippen LogP contribution in [0.2, 0.25) is 0 Å². The maximum Gasteiger partial charge on any atom is 0.418 e. The summed E-state index contributed by atoms with van der Waals surface area (Å²) in [4.78, 5) is 28.4. The minimum atomic E-state index is -4.81. The highest BCUT2D eigenvalue weighted by Crippen LogP contribution is 2.31. The van der Waals surface area contributed by atoms with Gasteiger partial charge in [0.1, 0.15) is 5.84 Å². The van der Waals surface area contributed by atoms with Crippen molar-refractivity contribution >= 4 is 28.2 Å². The van der Waals surface area contributed by atoms with E-state index in [2.05, 4.69) is 14.5 Å². The van der Waals surface area contributed by atoms with Crippen LogP contribution in [0.25, 0.3) is 0 Å². The Labute approximate surface area is 164 Å². The van der Waals surface area contributed by atoms with Crippen molar-refractivity contribution in [2.45, 2.75) is 56.7 Å². The Hall–Kier alpha value is -1.76. The number of carbonyl (C=O) groups is 2. The van der Waals surface area contributed by atoms with Crippen LogP contribution in [0.1, 0.15) is 38.5 Å². The van der Waals surface area contributed by atoms with E-state index in [4.69, 9.17) is 9.96 Å². The van der Waals surface area contributed by atoms with Gasteiger partial charge in [0.05, 0.1) is 12.1 Å². The Morgan fingerprint density at radius 1 is 1.21 bits per heavy atom. The van der Waals surface area contributed by atoms with Crippen LogP contribution in [0.15, 0.2) is 0 Å². The number of fused-ring (bicyclic) bond motifs is 2. The minimum Gasteiger partial charge on any atom is -0.313 e. The van der Waals surface area contributed by atoms with E-state index < -0.39 is 28.5 Å². The first-order valence-electron chi connectivity index (χ1n) is 9.39. The molecule has 0 radical (unpaired) electrons. The van der Waals surface area contributed by atoms with Crippen molar-refractivity contribution in [2.75, 3.05) is 20.6 Å². The molecular weight excluding hydrogens is 390 g/mol. The Morgan fingerprint density at radius 3 is 2.43 bits per heavy atom. The van der Waals surface area contributed by atoms with Crippen molar-refractivity contribution in [1.29, 1.82) is 5.41 Å². The van der Waals surface area contributed by atoms with Crippen molar-refractivity contribution in [2.24, 2.45) is 5.92 Å². The Balaban J connectivity index is 1.57. The van der Waals surface area contributed by atoms with Crippen LogP contribution in [0, 0.1) is 11.3 Å². The van der Waals surface area contributed by atoms with E-state index in [1.807, 2.05) is 14.1 Å². The van der Waals surface area contributed by atoms with Crippen LogP contribution in [0.3, 0.4) is 0 Å². The zero-order chi connectivity index (χ0) is 20.6. The molecule has 0 aromatic carbocycles. The number of nitrogens with one attached hydrogen (secondary N) is 2. The summed E-state index contributed by atoms with van der Waals surface area (Å²) >= 11 is 0. The molecule has 158 valence electrons. The highest BCUT2D eigenvalue weighted by Gasteiger charge is 2.48. The van der Waals surface area contributed by atoms with Crippen LogP contribution in [-0.4, -0.2) is 84.4 Å². The number of rotatable bonds is 5. The smallest absolute Gasteiger partial charge is 0.313 e. The topological polar surface area (TPSA) is 143 Å². The molecule has 3 aliphatic rings. The molecule has 0 unspecified atom stereocenters. The molecule has 12 heteroatoms. The lowest BCUT2D eigenvalue weighted by molar-refractivity contribution is -0.124. The minimum absolute atomic E-state index is 0.0692. The van der Waals surface area contributed by atoms with Gasteiger partial charge >= 0.3 is 16.4 Å². The second-order valence-corrected chi connectivity index (χ2v) is 8.89. The van der Waals surface area contributed by atoms with Gasteiger partial charge in [-0.3, -0.25) is 14.8 Å². The normalized spacial score (nSPS) is 30.6. The standard InChI is InChI=1S/C16H27N5O6S/c1-19(2)11-5-3-10(4-6-11)15(22)18-14(17)13-8-7-12-9-20(13)16(23)21(12)27-28(24,25)26/h10-13H,3-9H2,1-2H3,(H2,17,18,22)(H,24,25,26)/t10?,11?,12-,13+/m1/s1. The van der Waals surface area contributed by atoms with Gasteiger partial charge in [-0.25, -0.2) is 4.79 Å². The Kier molecular flexibility index (Phi) is 5.94. The largest absolute Gasteiger partial charge is 0.418 e. The number of carbonyl (C=O) groups excluding carboxylic acids is 2. The van der Waals surface area contributed by atoms with E-state index in [9.17, 15) is 18.0 Å². The van der Waals surface area contributed by atoms with Crippen LogP contribution < -0.4 is 5.32 Å². The molecule has 1 aliphatic carbocycles. The molecule has 28 heavy (non-hydrogen) atoms. The monoisotopic (exact) mass is 417 g/mol. The summed E-state index contributed by atoms with van der Waals surface area (Å²) in [6.07, 6.45) is 4.16. The van der Waals surface area contributed by atoms with Gasteiger partial charge in [0.15, 0.2) is 0 Å². The van der Waals surface area contributed by atoms with Gasteiger partial charge in [-0.15, -0.1) is 4.28 Å². The Bertz CT molecular complexity index is 749. The quantitative estimate of drug-likeness (QED) is 0.329. The van der Waals surface area contributed by atoms with Crippen LogP contribution in [0.5, 0.6) is 0 Å². The molecule has 0 aromatic rings. The summed E-state index contributed by atoms with van der Waals surface area (Å²) in [5.41, 5.74) is 0. The lowest BCUT2D eigenvalue weighted by Gasteiger charge is -2.33. The van der Waals surface area contributed by atoms with E-state index in [0.717, 1.165) is 25.7 Å². The molecule has 2 atom stereocenters. The molecule has 0 aromatic heterocycles. The Morgan fingerprint density at radius 2 is 1.86 bits per heavy atom. The fourth-order valence-corrected chi connectivity index (χ4v) is 4.69. The van der Waals surface area contributed by atoms with Crippen molar-refractivity contribution < 1.29 is 26.8 Å². The van der Waals surface area contributed by atoms with Crippen LogP contribution in [0.4, 0.5) is 4.79 Å². The number of amides is 3. The molecule has 3 rings (SSSR count). The zero-order valence-corrected chi connectivity index (χ0v) is 16.8. The molecule has 2 bridgehead atoms. The SMILES string of the molecule is CN(C)C1CCC(C(=O)NC(=N)[C@@H]2CC[C@@H]3CN2C(=O)N3OS(=O)(=O)O)CC1. The summed E-state index contributed by atoms with van der Waals surface area (Å²) in [6, 6.07) is -1.44. The van der Waals surface area contributed by atoms with Crippen molar-refractivity contribution in [3.63, 3.8) is 0 Å². The number of amidine groups is 1. The summed E-state index contributed by atoms with van der Waals surface area (Å²) < 4.78 is 35.1. The number of urea groups is 1. The number of piperidine rings is 1. The first kappa shape index (κ1) is 21.0. The predicted octanol–water partition coefficient (Wildman–Crippen LogP) is 0.203. The van der Waals surface area contributed by atoms with Gasteiger partial charge in [0.2, 0.25) is 5.91 Å². The van der Waals surface area contributed by atoms with Gasteiger partial charge < -0.3 is 15.1 Å². The highest BCUT2D eigenvalue weighted by molar-refractivity contribution is 7.80. The molecule has 2 saturated heterocycles. The molecule has 2 aliphatic heterocycles. The highest BCUT2D eigenvalue weighted by atomic mass is 32.3. The summed E-state index contributed by atoms with van der Waals surface area (Å²) in [7, 11) is -0.756. The van der Waals surface area contributed by atoms with Gasteiger partial charge in [0, 0.05) is 18.5 Å². The molecule has 0 spiro atoms. The first-order valence-corrected chi connectivity index (χ1v) is 10.8. The second kappa shape index (κ2) is 7.93. The summed E-state index contributed by atoms with van der Waals surface area (Å²) in [5, 5.41) is 11.5. The summed E-state index contributed by atoms with van der Waals surface area (Å²) in [5.74, 6) is -0.427. The third kappa shape index (κ3) is 4.45. The molecule has 3 N–H and O–H groups in total. The van der Waals surface area contributed by atoms with Gasteiger partial charge in [-0.05, 0) is 52.6 Å². The summed E-state index contributed by atoms with van der Waals surface area (Å²) in [6.45, 7) is 0.172. The number of hydrogen-bond donors (Lipinski definition) is 3. The number of hydroxylamine groups is 2. The lowest BCUT2D eigenvalue weighted by Crippen LogP contribution is -2.52. The van der Waals surface area contributed by atoms with E-state index in [0.29, 0.717) is 23.9 Å². The average molecular weight is 417 g/mol. The molecular formula is C16H27N5O6S. The average Bonchev–Trinajstić information content (AvgIpc) is 2.85. The van der Waals surface area contributed by atoms with Gasteiger partial charge in [-0.2, -0.15) is 13.5 Å². The van der Waals surface area contributed by atoms with Crippen LogP contribution >= 0.6 is 0 Å². The second-order valence-electron chi connectivity index (χ2n) is 7.88. The molecule has 3 fully saturated rings. The molecule has 3 amide bonds. The van der Waals surface area contributed by atoms with Crippen molar-refractivity contribution in [1.82, 2.24) is 20.2 Å². The van der Waals surface area contributed by atoms with Gasteiger partial charge in [-0.1, -0.05) is 0 Å². The molecule has 11 nitrogen and oxygen atoms in total. The van der Waals surface area contributed by atoms with E-state index in [-0.39, 0.29) is 24.2 Å². The van der Waals surface area contributed by atoms with Crippen molar-refractivity contribution in [3.8, 4) is 0 Å². The zero-order valence-electron chi connectivity index (χ0n) is 16.0. The maximum atomic E-state index is 12.6. The fourth-order valence-electron chi connectivity index (χ4n) is 4.30.